The standard InChI is InChI=1S/C9H18O/c1-3-4-5-6-7-8-9(2)10/h4-5,9-10H,3,6-8H2,1-2H3/t9-/m0/s1. The summed E-state index contributed by atoms with van der Waals surface area (Å²) in [7, 11) is 0. The second-order valence-electron chi connectivity index (χ2n) is 2.66. The third-order valence-electron chi connectivity index (χ3n) is 1.40. The van der Waals surface area contributed by atoms with Crippen molar-refractivity contribution in [1.29, 1.82) is 0 Å². The van der Waals surface area contributed by atoms with Crippen LogP contribution in [0.5, 0.6) is 0 Å². The molecule has 0 bridgehead atoms. The van der Waals surface area contributed by atoms with Crippen molar-refractivity contribution in [2.45, 2.75) is 45.6 Å². The predicted molar refractivity (Wildman–Crippen MR) is 45.0 cm³/mol. The number of unbranched alkanes of at least 4 members (excludes halogenated alkanes) is 1. The van der Waals surface area contributed by atoms with Crippen LogP contribution in [-0.4, -0.2) is 11.2 Å². The summed E-state index contributed by atoms with van der Waals surface area (Å²) in [6.07, 6.45) is 8.48. The molecule has 0 heterocycles. The van der Waals surface area contributed by atoms with Gasteiger partial charge in [0, 0.05) is 0 Å². The zero-order valence-corrected chi connectivity index (χ0v) is 7.01. The minimum absolute atomic E-state index is 0.130. The maximum absolute atomic E-state index is 8.88. The average Bonchev–Trinajstić information content (AvgIpc) is 1.87. The molecule has 1 N–H and O–H groups in total. The molecule has 0 aliphatic carbocycles. The Kier molecular flexibility index (Phi) is 6.61. The fourth-order valence-electron chi connectivity index (χ4n) is 0.816. The SMILES string of the molecule is CCC=CCCC[C@H](C)O. The van der Waals surface area contributed by atoms with E-state index in [2.05, 4.69) is 19.1 Å². The molecule has 10 heavy (non-hydrogen) atoms. The molecule has 60 valence electrons. The Morgan fingerprint density at radius 3 is 2.60 bits per heavy atom. The number of hydrogen-bond acceptors (Lipinski definition) is 1. The lowest BCUT2D eigenvalue weighted by molar-refractivity contribution is 0.182. The first kappa shape index (κ1) is 9.70. The van der Waals surface area contributed by atoms with E-state index in [1.165, 1.54) is 0 Å². The smallest absolute Gasteiger partial charge is 0.0512 e. The van der Waals surface area contributed by atoms with E-state index >= 15 is 0 Å². The maximum Gasteiger partial charge on any atom is 0.0512 e. The van der Waals surface area contributed by atoms with Gasteiger partial charge < -0.3 is 5.11 Å². The van der Waals surface area contributed by atoms with E-state index in [9.17, 15) is 0 Å². The Balaban J connectivity index is 2.97. The molecule has 0 amide bonds. The summed E-state index contributed by atoms with van der Waals surface area (Å²) in [5.41, 5.74) is 0. The zero-order chi connectivity index (χ0) is 7.82. The van der Waals surface area contributed by atoms with Crippen LogP contribution < -0.4 is 0 Å². The van der Waals surface area contributed by atoms with Gasteiger partial charge in [-0.1, -0.05) is 19.1 Å². The van der Waals surface area contributed by atoms with Crippen LogP contribution in [0.15, 0.2) is 12.2 Å². The highest BCUT2D eigenvalue weighted by atomic mass is 16.3. The van der Waals surface area contributed by atoms with Gasteiger partial charge >= 0.3 is 0 Å². The molecule has 0 saturated heterocycles. The number of allylic oxidation sites excluding steroid dienone is 2. The normalized spacial score (nSPS) is 14.3. The van der Waals surface area contributed by atoms with Gasteiger partial charge in [-0.2, -0.15) is 0 Å². The number of aliphatic hydroxyl groups excluding tert-OH is 1. The maximum atomic E-state index is 8.88. The summed E-state index contributed by atoms with van der Waals surface area (Å²) in [4.78, 5) is 0. The highest BCUT2D eigenvalue weighted by Gasteiger charge is 1.91. The molecule has 1 nitrogen and oxygen atoms in total. The van der Waals surface area contributed by atoms with E-state index in [-0.39, 0.29) is 6.10 Å². The highest BCUT2D eigenvalue weighted by molar-refractivity contribution is 4.79. The molecule has 0 aliphatic heterocycles. The lowest BCUT2D eigenvalue weighted by Crippen LogP contribution is -1.97. The van der Waals surface area contributed by atoms with Gasteiger partial charge in [0.25, 0.3) is 0 Å². The van der Waals surface area contributed by atoms with Crippen LogP contribution in [0.25, 0.3) is 0 Å². The lowest BCUT2D eigenvalue weighted by atomic mass is 10.1. The molecule has 0 rings (SSSR count). The summed E-state index contributed by atoms with van der Waals surface area (Å²) in [6, 6.07) is 0. The fourth-order valence-corrected chi connectivity index (χ4v) is 0.816. The predicted octanol–water partition coefficient (Wildman–Crippen LogP) is 2.50. The van der Waals surface area contributed by atoms with Crippen LogP contribution in [0, 0.1) is 0 Å². The van der Waals surface area contributed by atoms with Gasteiger partial charge in [0.05, 0.1) is 6.10 Å². The molecule has 0 radical (unpaired) electrons. The molecule has 0 unspecified atom stereocenters. The largest absolute Gasteiger partial charge is 0.393 e. The van der Waals surface area contributed by atoms with Crippen molar-refractivity contribution in [3.8, 4) is 0 Å². The van der Waals surface area contributed by atoms with Crippen molar-refractivity contribution in [3.05, 3.63) is 12.2 Å². The topological polar surface area (TPSA) is 20.2 Å². The number of aliphatic hydroxyl groups is 1. The summed E-state index contributed by atoms with van der Waals surface area (Å²) in [5.74, 6) is 0. The Morgan fingerprint density at radius 1 is 1.40 bits per heavy atom. The van der Waals surface area contributed by atoms with E-state index in [1.54, 1.807) is 0 Å². The first-order chi connectivity index (χ1) is 4.77. The molecule has 0 aliphatic rings. The monoisotopic (exact) mass is 142 g/mol. The molecular weight excluding hydrogens is 124 g/mol. The molecule has 1 heteroatoms. The van der Waals surface area contributed by atoms with E-state index in [0.29, 0.717) is 0 Å². The summed E-state index contributed by atoms with van der Waals surface area (Å²) in [6.45, 7) is 3.97. The van der Waals surface area contributed by atoms with Crippen molar-refractivity contribution >= 4 is 0 Å². The minimum Gasteiger partial charge on any atom is -0.393 e. The van der Waals surface area contributed by atoms with Gasteiger partial charge in [-0.15, -0.1) is 0 Å². The Bertz CT molecular complexity index is 84.7. The first-order valence-electron chi connectivity index (χ1n) is 4.10. The molecule has 0 aromatic heterocycles. The summed E-state index contributed by atoms with van der Waals surface area (Å²) >= 11 is 0. The first-order valence-corrected chi connectivity index (χ1v) is 4.10. The van der Waals surface area contributed by atoms with Gasteiger partial charge in [-0.25, -0.2) is 0 Å². The number of rotatable bonds is 5. The molecule has 0 fully saturated rings. The van der Waals surface area contributed by atoms with E-state index in [0.717, 1.165) is 25.7 Å². The minimum atomic E-state index is -0.130. The van der Waals surface area contributed by atoms with Crippen LogP contribution in [-0.2, 0) is 0 Å². The van der Waals surface area contributed by atoms with E-state index in [1.807, 2.05) is 6.92 Å². The molecule has 0 saturated carbocycles. The Hall–Kier alpha value is -0.300. The molecule has 0 aromatic carbocycles. The zero-order valence-electron chi connectivity index (χ0n) is 7.01. The summed E-state index contributed by atoms with van der Waals surface area (Å²) < 4.78 is 0. The fraction of sp³-hybridized carbons (Fsp3) is 0.778. The third kappa shape index (κ3) is 7.70. The van der Waals surface area contributed by atoms with Crippen molar-refractivity contribution in [3.63, 3.8) is 0 Å². The third-order valence-corrected chi connectivity index (χ3v) is 1.40. The van der Waals surface area contributed by atoms with Crippen molar-refractivity contribution < 1.29 is 5.11 Å². The summed E-state index contributed by atoms with van der Waals surface area (Å²) in [5, 5.41) is 8.88. The van der Waals surface area contributed by atoms with Gasteiger partial charge in [-0.3, -0.25) is 0 Å². The highest BCUT2D eigenvalue weighted by Crippen LogP contribution is 2.00. The van der Waals surface area contributed by atoms with Gasteiger partial charge in [0.15, 0.2) is 0 Å². The van der Waals surface area contributed by atoms with Gasteiger partial charge in [0.2, 0.25) is 0 Å². The second kappa shape index (κ2) is 6.81. The Morgan fingerprint density at radius 2 is 2.10 bits per heavy atom. The van der Waals surface area contributed by atoms with Crippen molar-refractivity contribution in [1.82, 2.24) is 0 Å². The second-order valence-corrected chi connectivity index (χ2v) is 2.66. The van der Waals surface area contributed by atoms with Crippen LogP contribution in [0.3, 0.4) is 0 Å². The Labute approximate surface area is 63.8 Å². The molecule has 1 atom stereocenters. The van der Waals surface area contributed by atoms with Gasteiger partial charge in [-0.05, 0) is 32.6 Å². The molecule has 0 spiro atoms. The molecular formula is C9H18O. The van der Waals surface area contributed by atoms with Crippen LogP contribution in [0.4, 0.5) is 0 Å². The van der Waals surface area contributed by atoms with Gasteiger partial charge in [0.1, 0.15) is 0 Å². The quantitative estimate of drug-likeness (QED) is 0.462. The van der Waals surface area contributed by atoms with Crippen LogP contribution in [0.1, 0.15) is 39.5 Å². The number of hydrogen-bond donors (Lipinski definition) is 1. The lowest BCUT2D eigenvalue weighted by Gasteiger charge is -1.99. The van der Waals surface area contributed by atoms with Crippen LogP contribution in [0.2, 0.25) is 0 Å². The van der Waals surface area contributed by atoms with Crippen molar-refractivity contribution in [2.24, 2.45) is 0 Å². The average molecular weight is 142 g/mol. The molecule has 0 aromatic rings. The van der Waals surface area contributed by atoms with E-state index < -0.39 is 0 Å². The van der Waals surface area contributed by atoms with Crippen molar-refractivity contribution in [2.75, 3.05) is 0 Å². The van der Waals surface area contributed by atoms with E-state index in [4.69, 9.17) is 5.11 Å². The van der Waals surface area contributed by atoms with Crippen LogP contribution >= 0.6 is 0 Å².